The van der Waals surface area contributed by atoms with E-state index >= 15 is 0 Å². The number of carbonyl (C=O) groups excluding carboxylic acids is 1. The summed E-state index contributed by atoms with van der Waals surface area (Å²) in [5.41, 5.74) is 0.570. The lowest BCUT2D eigenvalue weighted by Gasteiger charge is -2.10. The lowest BCUT2D eigenvalue weighted by molar-refractivity contribution is -0.113. The van der Waals surface area contributed by atoms with E-state index in [9.17, 15) is 4.79 Å². The molecule has 10 heteroatoms. The van der Waals surface area contributed by atoms with Crippen LogP contribution in [0.5, 0.6) is 11.5 Å². The zero-order chi connectivity index (χ0) is 22.2. The van der Waals surface area contributed by atoms with E-state index in [1.54, 1.807) is 31.4 Å². The van der Waals surface area contributed by atoms with Gasteiger partial charge in [-0.05, 0) is 42.5 Å². The largest absolute Gasteiger partial charge is 0.497 e. The van der Waals surface area contributed by atoms with Gasteiger partial charge in [-0.15, -0.1) is 16.8 Å². The molecule has 0 fully saturated rings. The third kappa shape index (κ3) is 6.40. The molecule has 0 saturated carbocycles. The molecule has 0 aliphatic rings. The van der Waals surface area contributed by atoms with Crippen molar-refractivity contribution in [1.29, 1.82) is 0 Å². The van der Waals surface area contributed by atoms with E-state index in [2.05, 4.69) is 22.1 Å². The van der Waals surface area contributed by atoms with Crippen LogP contribution in [-0.4, -0.2) is 33.5 Å². The van der Waals surface area contributed by atoms with Gasteiger partial charge in [0.2, 0.25) is 5.91 Å². The van der Waals surface area contributed by atoms with E-state index in [0.717, 1.165) is 5.75 Å². The number of benzene rings is 2. The molecule has 0 bridgehead atoms. The van der Waals surface area contributed by atoms with Gasteiger partial charge >= 0.3 is 0 Å². The van der Waals surface area contributed by atoms with Gasteiger partial charge in [-0.3, -0.25) is 9.36 Å². The minimum atomic E-state index is -0.201. The Labute approximate surface area is 194 Å². The molecule has 0 aliphatic carbocycles. The summed E-state index contributed by atoms with van der Waals surface area (Å²) in [5.74, 6) is 2.01. The van der Waals surface area contributed by atoms with Gasteiger partial charge in [-0.25, -0.2) is 0 Å². The van der Waals surface area contributed by atoms with Crippen LogP contribution in [0.15, 0.2) is 60.3 Å². The van der Waals surface area contributed by atoms with Crippen LogP contribution in [0.25, 0.3) is 0 Å². The molecule has 0 atom stereocenters. The number of nitrogens with one attached hydrogen (secondary N) is 1. The van der Waals surface area contributed by atoms with Crippen molar-refractivity contribution >= 4 is 46.6 Å². The monoisotopic (exact) mass is 478 g/mol. The molecule has 162 valence electrons. The third-order valence-electron chi connectivity index (χ3n) is 4.07. The molecular formula is C21H20Cl2N4O3S. The zero-order valence-corrected chi connectivity index (χ0v) is 19.0. The number of allylic oxidation sites excluding steroid dienone is 1. The molecule has 0 radical (unpaired) electrons. The Morgan fingerprint density at radius 1 is 1.16 bits per heavy atom. The first-order valence-corrected chi connectivity index (χ1v) is 10.9. The van der Waals surface area contributed by atoms with Gasteiger partial charge < -0.3 is 14.8 Å². The van der Waals surface area contributed by atoms with Gasteiger partial charge in [0, 0.05) is 12.2 Å². The van der Waals surface area contributed by atoms with Gasteiger partial charge in [0.05, 0.1) is 22.9 Å². The maximum atomic E-state index is 12.3. The van der Waals surface area contributed by atoms with Gasteiger partial charge in [0.15, 0.2) is 11.0 Å². The number of methoxy groups -OCH3 is 1. The Kier molecular flexibility index (Phi) is 8.22. The van der Waals surface area contributed by atoms with E-state index in [1.165, 1.54) is 11.8 Å². The number of nitrogens with zero attached hydrogens (tertiary/aromatic N) is 3. The number of halogens is 2. The van der Waals surface area contributed by atoms with Gasteiger partial charge in [0.1, 0.15) is 18.1 Å². The number of thioether (sulfide) groups is 1. The number of hydrogen-bond acceptors (Lipinski definition) is 6. The number of ether oxygens (including phenoxy) is 2. The Balaban J connectivity index is 1.60. The highest BCUT2D eigenvalue weighted by Gasteiger charge is 2.14. The van der Waals surface area contributed by atoms with Gasteiger partial charge in [-0.1, -0.05) is 41.0 Å². The molecule has 1 heterocycles. The molecule has 1 amide bonds. The topological polar surface area (TPSA) is 78.3 Å². The predicted molar refractivity (Wildman–Crippen MR) is 123 cm³/mol. The number of rotatable bonds is 10. The molecule has 0 spiro atoms. The standard InChI is InChI=1S/C21H20Cl2N4O3S/c1-3-10-27-19(12-30-16-7-5-15(29-2)6-8-16)25-26-21(27)31-13-20(28)24-14-4-9-17(22)18(23)11-14/h3-9,11H,1,10,12-13H2,2H3,(H,24,28). The first-order valence-electron chi connectivity index (χ1n) is 9.17. The number of amides is 1. The van der Waals surface area contributed by atoms with E-state index in [0.29, 0.717) is 39.0 Å². The van der Waals surface area contributed by atoms with E-state index in [4.69, 9.17) is 32.7 Å². The second kappa shape index (κ2) is 11.1. The van der Waals surface area contributed by atoms with Crippen LogP contribution < -0.4 is 14.8 Å². The lowest BCUT2D eigenvalue weighted by Crippen LogP contribution is -2.15. The maximum Gasteiger partial charge on any atom is 0.234 e. The second-order valence-corrected chi connectivity index (χ2v) is 7.98. The number of hydrogen-bond donors (Lipinski definition) is 1. The fourth-order valence-electron chi connectivity index (χ4n) is 2.57. The third-order valence-corrected chi connectivity index (χ3v) is 5.77. The molecule has 0 aliphatic heterocycles. The Morgan fingerprint density at radius 3 is 2.58 bits per heavy atom. The Morgan fingerprint density at radius 2 is 1.90 bits per heavy atom. The van der Waals surface area contributed by atoms with Crippen molar-refractivity contribution in [2.75, 3.05) is 18.2 Å². The summed E-state index contributed by atoms with van der Waals surface area (Å²) < 4.78 is 12.8. The average Bonchev–Trinajstić information content (AvgIpc) is 3.15. The van der Waals surface area contributed by atoms with Crippen LogP contribution in [0.3, 0.4) is 0 Å². The minimum Gasteiger partial charge on any atom is -0.497 e. The molecule has 0 saturated heterocycles. The predicted octanol–water partition coefficient (Wildman–Crippen LogP) is 5.09. The lowest BCUT2D eigenvalue weighted by atomic mass is 10.3. The van der Waals surface area contributed by atoms with Crippen LogP contribution >= 0.6 is 35.0 Å². The van der Waals surface area contributed by atoms with Crippen molar-refractivity contribution in [2.45, 2.75) is 18.3 Å². The van der Waals surface area contributed by atoms with Crippen molar-refractivity contribution in [1.82, 2.24) is 14.8 Å². The SMILES string of the molecule is C=CCn1c(COc2ccc(OC)cc2)nnc1SCC(=O)Nc1ccc(Cl)c(Cl)c1. The first-order chi connectivity index (χ1) is 15.0. The summed E-state index contributed by atoms with van der Waals surface area (Å²) in [7, 11) is 1.61. The smallest absolute Gasteiger partial charge is 0.234 e. The molecule has 2 aromatic carbocycles. The van der Waals surface area contributed by atoms with Crippen LogP contribution in [0.1, 0.15) is 5.82 Å². The van der Waals surface area contributed by atoms with Crippen LogP contribution in [0, 0.1) is 0 Å². The summed E-state index contributed by atoms with van der Waals surface area (Å²) in [6, 6.07) is 12.2. The summed E-state index contributed by atoms with van der Waals surface area (Å²) >= 11 is 13.1. The Hall–Kier alpha value is -2.68. The van der Waals surface area contributed by atoms with Crippen molar-refractivity contribution < 1.29 is 14.3 Å². The van der Waals surface area contributed by atoms with Crippen molar-refractivity contribution in [2.24, 2.45) is 0 Å². The Bertz CT molecular complexity index is 1060. The maximum absolute atomic E-state index is 12.3. The van der Waals surface area contributed by atoms with Crippen LogP contribution in [0.4, 0.5) is 5.69 Å². The highest BCUT2D eigenvalue weighted by Crippen LogP contribution is 2.25. The fraction of sp³-hybridized carbons (Fsp3) is 0.190. The number of carbonyl (C=O) groups is 1. The summed E-state index contributed by atoms with van der Waals surface area (Å²) in [5, 5.41) is 12.6. The number of anilines is 1. The van der Waals surface area contributed by atoms with Crippen molar-refractivity contribution in [3.05, 3.63) is 71.0 Å². The highest BCUT2D eigenvalue weighted by molar-refractivity contribution is 7.99. The van der Waals surface area contributed by atoms with Crippen LogP contribution in [0.2, 0.25) is 10.0 Å². The molecule has 31 heavy (non-hydrogen) atoms. The molecule has 0 unspecified atom stereocenters. The minimum absolute atomic E-state index is 0.148. The average molecular weight is 479 g/mol. The van der Waals surface area contributed by atoms with E-state index < -0.39 is 0 Å². The second-order valence-electron chi connectivity index (χ2n) is 6.23. The highest BCUT2D eigenvalue weighted by atomic mass is 35.5. The summed E-state index contributed by atoms with van der Waals surface area (Å²) in [6.45, 7) is 4.50. The van der Waals surface area contributed by atoms with E-state index in [1.807, 2.05) is 28.8 Å². The van der Waals surface area contributed by atoms with Gasteiger partial charge in [0.25, 0.3) is 0 Å². The molecule has 1 aromatic heterocycles. The van der Waals surface area contributed by atoms with Gasteiger partial charge in [-0.2, -0.15) is 0 Å². The summed E-state index contributed by atoms with van der Waals surface area (Å²) in [6.07, 6.45) is 1.74. The van der Waals surface area contributed by atoms with Crippen molar-refractivity contribution in [3.63, 3.8) is 0 Å². The zero-order valence-electron chi connectivity index (χ0n) is 16.7. The van der Waals surface area contributed by atoms with Crippen molar-refractivity contribution in [3.8, 4) is 11.5 Å². The number of aromatic nitrogens is 3. The van der Waals surface area contributed by atoms with E-state index in [-0.39, 0.29) is 18.3 Å². The molecule has 7 nitrogen and oxygen atoms in total. The molecule has 3 rings (SSSR count). The molecular weight excluding hydrogens is 459 g/mol. The van der Waals surface area contributed by atoms with Crippen LogP contribution in [-0.2, 0) is 17.9 Å². The fourth-order valence-corrected chi connectivity index (χ4v) is 3.63. The quantitative estimate of drug-likeness (QED) is 0.323. The molecule has 3 aromatic rings. The first kappa shape index (κ1) is 23.0. The molecule has 1 N–H and O–H groups in total. The normalized spacial score (nSPS) is 10.5. The summed E-state index contributed by atoms with van der Waals surface area (Å²) in [4.78, 5) is 12.3.